The quantitative estimate of drug-likeness (QED) is 0.436. The number of pyridine rings is 1. The van der Waals surface area contributed by atoms with Crippen molar-refractivity contribution in [2.75, 3.05) is 4.90 Å². The van der Waals surface area contributed by atoms with Crippen molar-refractivity contribution in [2.45, 2.75) is 34.2 Å². The fraction of sp³-hybridized carbons (Fsp3) is 0.208. The van der Waals surface area contributed by atoms with E-state index in [1.807, 2.05) is 44.2 Å². The van der Waals surface area contributed by atoms with Crippen LogP contribution in [-0.4, -0.2) is 15.9 Å². The summed E-state index contributed by atoms with van der Waals surface area (Å²) in [6.45, 7) is 8.56. The van der Waals surface area contributed by atoms with Crippen molar-refractivity contribution in [2.24, 2.45) is 0 Å². The van der Waals surface area contributed by atoms with E-state index in [0.29, 0.717) is 17.2 Å². The average molecular weight is 402 g/mol. The SMILES string of the molecule is Cc1cc(C)cc(C(=O)N(Cc2ccccn2)c2nc3cc(C)cc(C)c3s2)c1. The molecule has 0 radical (unpaired) electrons. The van der Waals surface area contributed by atoms with Crippen LogP contribution in [0.1, 0.15) is 38.3 Å². The van der Waals surface area contributed by atoms with Crippen molar-refractivity contribution in [3.05, 3.63) is 88.2 Å². The molecular formula is C24H23N3OS. The topological polar surface area (TPSA) is 46.1 Å². The lowest BCUT2D eigenvalue weighted by Crippen LogP contribution is -2.30. The highest BCUT2D eigenvalue weighted by Gasteiger charge is 2.23. The third-order valence-corrected chi connectivity index (χ3v) is 6.03. The van der Waals surface area contributed by atoms with E-state index in [4.69, 9.17) is 4.98 Å². The van der Waals surface area contributed by atoms with Crippen LogP contribution in [0.4, 0.5) is 5.13 Å². The standard InChI is InChI=1S/C24H23N3OS/c1-15-9-16(2)12-19(11-15)23(28)27(14-20-7-5-6-8-25-20)24-26-21-13-17(3)10-18(4)22(21)29-24/h5-13H,14H2,1-4H3. The van der Waals surface area contributed by atoms with Crippen LogP contribution >= 0.6 is 11.3 Å². The number of thiazole rings is 1. The second-order valence-electron chi connectivity index (χ2n) is 7.52. The Morgan fingerprint density at radius 3 is 2.38 bits per heavy atom. The second-order valence-corrected chi connectivity index (χ2v) is 8.49. The van der Waals surface area contributed by atoms with Crippen LogP contribution in [0.5, 0.6) is 0 Å². The molecule has 0 unspecified atom stereocenters. The van der Waals surface area contributed by atoms with Gasteiger partial charge in [0.15, 0.2) is 5.13 Å². The van der Waals surface area contributed by atoms with E-state index < -0.39 is 0 Å². The molecule has 0 aliphatic carbocycles. The van der Waals surface area contributed by atoms with Crippen LogP contribution in [0.15, 0.2) is 54.7 Å². The number of aromatic nitrogens is 2. The fourth-order valence-electron chi connectivity index (χ4n) is 3.61. The second kappa shape index (κ2) is 7.76. The lowest BCUT2D eigenvalue weighted by molar-refractivity contribution is 0.0984. The van der Waals surface area contributed by atoms with Gasteiger partial charge in [0.05, 0.1) is 22.5 Å². The fourth-order valence-corrected chi connectivity index (χ4v) is 4.63. The minimum Gasteiger partial charge on any atom is -0.278 e. The Hall–Kier alpha value is -3.05. The van der Waals surface area contributed by atoms with Crippen LogP contribution in [0.3, 0.4) is 0 Å². The van der Waals surface area contributed by atoms with Crippen LogP contribution in [0.2, 0.25) is 0 Å². The number of benzene rings is 2. The van der Waals surface area contributed by atoms with E-state index >= 15 is 0 Å². The lowest BCUT2D eigenvalue weighted by Gasteiger charge is -2.20. The molecule has 5 heteroatoms. The molecule has 29 heavy (non-hydrogen) atoms. The maximum absolute atomic E-state index is 13.5. The van der Waals surface area contributed by atoms with Crippen LogP contribution in [0.25, 0.3) is 10.2 Å². The molecule has 0 spiro atoms. The van der Waals surface area contributed by atoms with Gasteiger partial charge in [-0.25, -0.2) is 4.98 Å². The molecular weight excluding hydrogens is 378 g/mol. The summed E-state index contributed by atoms with van der Waals surface area (Å²) in [5, 5.41) is 0.698. The summed E-state index contributed by atoms with van der Waals surface area (Å²) in [5.41, 5.74) is 6.93. The Bertz CT molecular complexity index is 1180. The Morgan fingerprint density at radius 1 is 0.966 bits per heavy atom. The number of hydrogen-bond acceptors (Lipinski definition) is 4. The Labute approximate surface area is 174 Å². The molecule has 0 saturated heterocycles. The van der Waals surface area contributed by atoms with E-state index in [-0.39, 0.29) is 5.91 Å². The Kier molecular flexibility index (Phi) is 5.16. The van der Waals surface area contributed by atoms with Gasteiger partial charge in [-0.05, 0) is 69.2 Å². The minimum atomic E-state index is -0.0594. The molecule has 0 N–H and O–H groups in total. The number of carbonyl (C=O) groups is 1. The summed E-state index contributed by atoms with van der Waals surface area (Å²) in [4.78, 5) is 24.5. The lowest BCUT2D eigenvalue weighted by atomic mass is 10.1. The molecule has 0 bridgehead atoms. The summed E-state index contributed by atoms with van der Waals surface area (Å²) in [6, 6.07) is 15.9. The number of aryl methyl sites for hydroxylation is 4. The number of nitrogens with zero attached hydrogens (tertiary/aromatic N) is 3. The van der Waals surface area contributed by atoms with E-state index in [9.17, 15) is 4.79 Å². The highest BCUT2D eigenvalue weighted by molar-refractivity contribution is 7.22. The maximum atomic E-state index is 13.5. The number of carbonyl (C=O) groups excluding carboxylic acids is 1. The van der Waals surface area contributed by atoms with Gasteiger partial charge in [-0.3, -0.25) is 14.7 Å². The molecule has 2 aromatic heterocycles. The number of hydrogen-bond donors (Lipinski definition) is 0. The largest absolute Gasteiger partial charge is 0.278 e. The molecule has 2 heterocycles. The zero-order valence-electron chi connectivity index (χ0n) is 17.1. The predicted octanol–water partition coefficient (Wildman–Crippen LogP) is 5.77. The number of rotatable bonds is 4. The molecule has 4 aromatic rings. The van der Waals surface area contributed by atoms with Gasteiger partial charge in [-0.15, -0.1) is 0 Å². The zero-order valence-corrected chi connectivity index (χ0v) is 17.9. The first-order valence-electron chi connectivity index (χ1n) is 9.58. The van der Waals surface area contributed by atoms with Gasteiger partial charge in [0.1, 0.15) is 0 Å². The molecule has 0 saturated carbocycles. The third-order valence-electron chi connectivity index (χ3n) is 4.80. The van der Waals surface area contributed by atoms with Crippen molar-refractivity contribution >= 4 is 32.6 Å². The van der Waals surface area contributed by atoms with Crippen molar-refractivity contribution in [3.63, 3.8) is 0 Å². The molecule has 146 valence electrons. The number of anilines is 1. The van der Waals surface area contributed by atoms with Crippen LogP contribution in [0, 0.1) is 27.7 Å². The van der Waals surface area contributed by atoms with Gasteiger partial charge in [0.25, 0.3) is 5.91 Å². The number of amides is 1. The normalized spacial score (nSPS) is 11.0. The zero-order chi connectivity index (χ0) is 20.5. The first-order valence-corrected chi connectivity index (χ1v) is 10.4. The molecule has 0 aliphatic rings. The summed E-state index contributed by atoms with van der Waals surface area (Å²) in [7, 11) is 0. The van der Waals surface area contributed by atoms with Crippen molar-refractivity contribution < 1.29 is 4.79 Å². The van der Waals surface area contributed by atoms with Crippen molar-refractivity contribution in [1.29, 1.82) is 0 Å². The smallest absolute Gasteiger partial charge is 0.260 e. The van der Waals surface area contributed by atoms with Gasteiger partial charge in [-0.1, -0.05) is 40.7 Å². The van der Waals surface area contributed by atoms with Gasteiger partial charge >= 0.3 is 0 Å². The molecule has 4 rings (SSSR count). The monoisotopic (exact) mass is 401 g/mol. The molecule has 0 fully saturated rings. The van der Waals surface area contributed by atoms with Gasteiger partial charge in [-0.2, -0.15) is 0 Å². The molecule has 2 aromatic carbocycles. The van der Waals surface area contributed by atoms with Gasteiger partial charge < -0.3 is 0 Å². The summed E-state index contributed by atoms with van der Waals surface area (Å²) in [6.07, 6.45) is 1.75. The van der Waals surface area contributed by atoms with Crippen LogP contribution in [-0.2, 0) is 6.54 Å². The Balaban J connectivity index is 1.82. The predicted molar refractivity (Wildman–Crippen MR) is 120 cm³/mol. The first kappa shape index (κ1) is 19.3. The highest BCUT2D eigenvalue weighted by Crippen LogP contribution is 2.33. The van der Waals surface area contributed by atoms with E-state index in [1.54, 1.807) is 22.4 Å². The third kappa shape index (κ3) is 4.05. The molecule has 1 amide bonds. The highest BCUT2D eigenvalue weighted by atomic mass is 32.1. The van der Waals surface area contributed by atoms with Crippen LogP contribution < -0.4 is 4.90 Å². The average Bonchev–Trinajstić information content (AvgIpc) is 3.09. The molecule has 0 atom stereocenters. The van der Waals surface area contributed by atoms with E-state index in [1.165, 1.54) is 11.1 Å². The van der Waals surface area contributed by atoms with Crippen molar-refractivity contribution in [1.82, 2.24) is 9.97 Å². The summed E-state index contributed by atoms with van der Waals surface area (Å²) < 4.78 is 1.12. The maximum Gasteiger partial charge on any atom is 0.260 e. The summed E-state index contributed by atoms with van der Waals surface area (Å²) in [5.74, 6) is -0.0594. The van der Waals surface area contributed by atoms with Crippen molar-refractivity contribution in [3.8, 4) is 0 Å². The van der Waals surface area contributed by atoms with E-state index in [0.717, 1.165) is 27.0 Å². The first-order chi connectivity index (χ1) is 13.9. The molecule has 4 nitrogen and oxygen atoms in total. The summed E-state index contributed by atoms with van der Waals surface area (Å²) >= 11 is 1.56. The molecule has 0 aliphatic heterocycles. The van der Waals surface area contributed by atoms with E-state index in [2.05, 4.69) is 37.0 Å². The Morgan fingerprint density at radius 2 is 1.69 bits per heavy atom. The minimum absolute atomic E-state index is 0.0594. The van der Waals surface area contributed by atoms with Gasteiger partial charge in [0, 0.05) is 11.8 Å². The number of fused-ring (bicyclic) bond motifs is 1. The van der Waals surface area contributed by atoms with Gasteiger partial charge in [0.2, 0.25) is 0 Å².